The molecule has 0 spiro atoms. The Balaban J connectivity index is 0. The summed E-state index contributed by atoms with van der Waals surface area (Å²) in [6.45, 7) is 6.82. The van der Waals surface area contributed by atoms with Gasteiger partial charge in [0.15, 0.2) is 0 Å². The minimum atomic E-state index is -4.16. The summed E-state index contributed by atoms with van der Waals surface area (Å²) in [6.07, 6.45) is 32.3. The van der Waals surface area contributed by atoms with Crippen molar-refractivity contribution >= 4 is 10.4 Å². The van der Waals surface area contributed by atoms with E-state index in [1.54, 1.807) is 0 Å². The molecule has 0 amide bonds. The Labute approximate surface area is 238 Å². The molecule has 2 atom stereocenters. The summed E-state index contributed by atoms with van der Waals surface area (Å²) in [5.74, 6) is 0.342. The lowest BCUT2D eigenvalue weighted by atomic mass is 9.87. The van der Waals surface area contributed by atoms with E-state index in [0.29, 0.717) is 5.92 Å². The van der Waals surface area contributed by atoms with Crippen molar-refractivity contribution in [1.29, 1.82) is 0 Å². The fourth-order valence-corrected chi connectivity index (χ4v) is 5.03. The van der Waals surface area contributed by atoms with Gasteiger partial charge in [-0.25, -0.2) is 0 Å². The fourth-order valence-electron chi connectivity index (χ4n) is 5.03. The highest BCUT2D eigenvalue weighted by atomic mass is 32.3. The monoisotopic (exact) mass is 565 g/mol. The predicted molar refractivity (Wildman–Crippen MR) is 164 cm³/mol. The maximum Gasteiger partial charge on any atom is 0.397 e. The van der Waals surface area contributed by atoms with E-state index in [9.17, 15) is 13.5 Å². The van der Waals surface area contributed by atoms with Crippen LogP contribution in [0.1, 0.15) is 175 Å². The van der Waals surface area contributed by atoms with Crippen molar-refractivity contribution in [2.24, 2.45) is 5.92 Å². The molecule has 0 aliphatic rings. The van der Waals surface area contributed by atoms with Gasteiger partial charge in [-0.15, -0.1) is 0 Å². The van der Waals surface area contributed by atoms with Crippen molar-refractivity contribution in [3.63, 3.8) is 0 Å². The van der Waals surface area contributed by atoms with Crippen LogP contribution >= 0.6 is 0 Å². The highest BCUT2D eigenvalue weighted by molar-refractivity contribution is 7.80. The number of hydrogen-bond donors (Lipinski definition) is 3. The normalized spacial score (nSPS) is 14.1. The van der Waals surface area contributed by atoms with E-state index >= 15 is 0 Å². The van der Waals surface area contributed by atoms with E-state index in [1.165, 1.54) is 135 Å². The smallest absolute Gasteiger partial charge is 0.376 e. The Kier molecular flexibility index (Phi) is 29.8. The first-order chi connectivity index (χ1) is 18.2. The van der Waals surface area contributed by atoms with E-state index in [1.807, 2.05) is 7.05 Å². The SMILES string of the molecule is CCCCCCCCCCCCCC(C)C(O)(CCCCCCCCCCCCC)NC.COS(=O)(=O)O. The van der Waals surface area contributed by atoms with Gasteiger partial charge < -0.3 is 5.11 Å². The van der Waals surface area contributed by atoms with Crippen molar-refractivity contribution < 1.29 is 22.3 Å². The van der Waals surface area contributed by atoms with Crippen molar-refractivity contribution in [2.75, 3.05) is 14.2 Å². The molecule has 3 N–H and O–H groups in total. The molecule has 0 radical (unpaired) electrons. The average molecular weight is 566 g/mol. The van der Waals surface area contributed by atoms with Crippen molar-refractivity contribution in [3.05, 3.63) is 0 Å². The number of rotatable bonds is 27. The molecule has 0 aliphatic heterocycles. The summed E-state index contributed by atoms with van der Waals surface area (Å²) >= 11 is 0. The lowest BCUT2D eigenvalue weighted by Gasteiger charge is -2.34. The van der Waals surface area contributed by atoms with E-state index in [0.717, 1.165) is 26.4 Å². The minimum absolute atomic E-state index is 0.342. The Morgan fingerprint density at radius 2 is 0.947 bits per heavy atom. The third-order valence-corrected chi connectivity index (χ3v) is 8.28. The Morgan fingerprint density at radius 1 is 0.658 bits per heavy atom. The summed E-state index contributed by atoms with van der Waals surface area (Å²) in [4.78, 5) is 0. The molecule has 232 valence electrons. The first kappa shape index (κ1) is 39.9. The zero-order valence-electron chi connectivity index (χ0n) is 26.1. The Hall–Kier alpha value is -0.210. The third kappa shape index (κ3) is 28.8. The van der Waals surface area contributed by atoms with Crippen LogP contribution in [0.15, 0.2) is 0 Å². The summed E-state index contributed by atoms with van der Waals surface area (Å²) in [6, 6.07) is 0. The standard InChI is InChI=1S/C30H63NO.CH4O4S/c1-5-7-9-11-13-15-17-19-21-23-25-27-29(3)30(32,31-4)28-26-24-22-20-18-16-14-12-10-8-6-2;1-5-6(2,3)4/h29,31-32H,5-28H2,1-4H3;1H3,(H,2,3,4). The molecule has 0 heterocycles. The van der Waals surface area contributed by atoms with E-state index in [2.05, 4.69) is 30.3 Å². The van der Waals surface area contributed by atoms with Crippen LogP contribution in [0.5, 0.6) is 0 Å². The minimum Gasteiger partial charge on any atom is -0.376 e. The molecule has 0 aliphatic carbocycles. The van der Waals surface area contributed by atoms with Crippen LogP contribution in [-0.2, 0) is 14.6 Å². The number of aliphatic hydroxyl groups is 1. The van der Waals surface area contributed by atoms with Crippen molar-refractivity contribution in [3.8, 4) is 0 Å². The van der Waals surface area contributed by atoms with E-state index < -0.39 is 16.1 Å². The van der Waals surface area contributed by atoms with Crippen LogP contribution in [0.3, 0.4) is 0 Å². The molecule has 38 heavy (non-hydrogen) atoms. The van der Waals surface area contributed by atoms with Gasteiger partial charge in [0, 0.05) is 0 Å². The van der Waals surface area contributed by atoms with Gasteiger partial charge in [-0.1, -0.05) is 156 Å². The first-order valence-corrected chi connectivity index (χ1v) is 17.5. The molecule has 0 saturated heterocycles. The van der Waals surface area contributed by atoms with Crippen LogP contribution in [0.25, 0.3) is 0 Å². The third-order valence-electron chi connectivity index (χ3n) is 7.86. The van der Waals surface area contributed by atoms with Gasteiger partial charge in [0.2, 0.25) is 0 Å². The quantitative estimate of drug-likeness (QED) is 0.0521. The second kappa shape index (κ2) is 28.3. The van der Waals surface area contributed by atoms with Crippen molar-refractivity contribution in [2.45, 2.75) is 181 Å². The van der Waals surface area contributed by atoms with Gasteiger partial charge in [-0.3, -0.25) is 14.1 Å². The summed E-state index contributed by atoms with van der Waals surface area (Å²) in [5.41, 5.74) is -0.669. The van der Waals surface area contributed by atoms with Crippen LogP contribution < -0.4 is 5.32 Å². The van der Waals surface area contributed by atoms with Gasteiger partial charge in [-0.05, 0) is 32.2 Å². The molecule has 7 heteroatoms. The Morgan fingerprint density at radius 3 is 1.24 bits per heavy atom. The maximum absolute atomic E-state index is 11.1. The average Bonchev–Trinajstić information content (AvgIpc) is 2.90. The van der Waals surface area contributed by atoms with E-state index in [4.69, 9.17) is 4.55 Å². The molecule has 0 saturated carbocycles. The molecule has 6 nitrogen and oxygen atoms in total. The van der Waals surface area contributed by atoms with Crippen LogP contribution in [0.4, 0.5) is 0 Å². The van der Waals surface area contributed by atoms with Gasteiger partial charge in [0.1, 0.15) is 5.72 Å². The molecule has 0 aromatic rings. The second-order valence-electron chi connectivity index (χ2n) is 11.3. The second-order valence-corrected chi connectivity index (χ2v) is 12.5. The maximum atomic E-state index is 11.1. The highest BCUT2D eigenvalue weighted by Gasteiger charge is 2.30. The number of unbranched alkanes of at least 4 members (excludes halogenated alkanes) is 20. The lowest BCUT2D eigenvalue weighted by molar-refractivity contribution is -0.0500. The molecular formula is C31H67NO5S. The van der Waals surface area contributed by atoms with E-state index in [-0.39, 0.29) is 0 Å². The molecule has 0 bridgehead atoms. The predicted octanol–water partition coefficient (Wildman–Crippen LogP) is 9.37. The summed E-state index contributed by atoms with van der Waals surface area (Å²) < 4.78 is 29.7. The zero-order chi connectivity index (χ0) is 29.0. The molecule has 0 rings (SSSR count). The van der Waals surface area contributed by atoms with Crippen LogP contribution in [0, 0.1) is 5.92 Å². The van der Waals surface area contributed by atoms with Gasteiger partial charge in [0.25, 0.3) is 0 Å². The molecule has 0 aromatic heterocycles. The van der Waals surface area contributed by atoms with Gasteiger partial charge in [-0.2, -0.15) is 8.42 Å². The Bertz CT molecular complexity index is 573. The zero-order valence-corrected chi connectivity index (χ0v) is 26.9. The molecule has 2 unspecified atom stereocenters. The molecular weight excluding hydrogens is 498 g/mol. The van der Waals surface area contributed by atoms with Crippen LogP contribution in [-0.4, -0.2) is 38.0 Å². The number of hydrogen-bond acceptors (Lipinski definition) is 5. The highest BCUT2D eigenvalue weighted by Crippen LogP contribution is 2.26. The summed E-state index contributed by atoms with van der Waals surface area (Å²) in [5, 5.41) is 14.3. The topological polar surface area (TPSA) is 95.9 Å². The molecule has 0 fully saturated rings. The number of nitrogens with one attached hydrogen (secondary N) is 1. The fraction of sp³-hybridized carbons (Fsp3) is 1.00. The molecule has 0 aromatic carbocycles. The first-order valence-electron chi connectivity index (χ1n) is 16.1. The van der Waals surface area contributed by atoms with Gasteiger partial charge >= 0.3 is 10.4 Å². The van der Waals surface area contributed by atoms with Crippen LogP contribution in [0.2, 0.25) is 0 Å². The van der Waals surface area contributed by atoms with Gasteiger partial charge in [0.05, 0.1) is 7.11 Å². The van der Waals surface area contributed by atoms with Crippen molar-refractivity contribution in [1.82, 2.24) is 5.32 Å². The summed E-state index contributed by atoms with van der Waals surface area (Å²) in [7, 11) is -1.35. The largest absolute Gasteiger partial charge is 0.397 e. The lowest BCUT2D eigenvalue weighted by Crippen LogP contribution is -2.48.